The summed E-state index contributed by atoms with van der Waals surface area (Å²) >= 11 is 0. The standard InChI is InChI=1S/C23H28O5/c1-23(2)18(14-7-8-20(26-4)22(9-14)28-6)11-15(24)10-17-19(23)12-16(25-3)13-21(17)27-5/h7-9,12-13,18H,10-11H2,1-6H3. The van der Waals surface area contributed by atoms with Crippen molar-refractivity contribution >= 4 is 5.78 Å². The fourth-order valence-electron chi connectivity index (χ4n) is 4.22. The van der Waals surface area contributed by atoms with E-state index in [0.717, 1.165) is 22.4 Å². The van der Waals surface area contributed by atoms with Crippen LogP contribution in [0.25, 0.3) is 0 Å². The molecule has 0 bridgehead atoms. The van der Waals surface area contributed by atoms with Crippen molar-refractivity contribution in [2.24, 2.45) is 0 Å². The van der Waals surface area contributed by atoms with Gasteiger partial charge in [-0.1, -0.05) is 19.9 Å². The molecule has 0 saturated heterocycles. The highest BCUT2D eigenvalue weighted by atomic mass is 16.5. The first-order valence-electron chi connectivity index (χ1n) is 9.34. The van der Waals surface area contributed by atoms with Crippen molar-refractivity contribution in [3.05, 3.63) is 47.0 Å². The van der Waals surface area contributed by atoms with Crippen molar-refractivity contribution in [3.63, 3.8) is 0 Å². The minimum Gasteiger partial charge on any atom is -0.497 e. The molecule has 150 valence electrons. The van der Waals surface area contributed by atoms with Crippen LogP contribution < -0.4 is 18.9 Å². The summed E-state index contributed by atoms with van der Waals surface area (Å²) < 4.78 is 21.9. The lowest BCUT2D eigenvalue weighted by Gasteiger charge is -2.35. The van der Waals surface area contributed by atoms with Crippen LogP contribution in [0.3, 0.4) is 0 Å². The third kappa shape index (κ3) is 3.41. The molecule has 5 nitrogen and oxygen atoms in total. The Morgan fingerprint density at radius 1 is 0.857 bits per heavy atom. The van der Waals surface area contributed by atoms with Crippen LogP contribution in [0, 0.1) is 0 Å². The average molecular weight is 384 g/mol. The molecule has 5 heteroatoms. The Hall–Kier alpha value is -2.69. The van der Waals surface area contributed by atoms with Gasteiger partial charge in [0.2, 0.25) is 0 Å². The summed E-state index contributed by atoms with van der Waals surface area (Å²) in [6.45, 7) is 4.34. The van der Waals surface area contributed by atoms with Crippen molar-refractivity contribution in [1.82, 2.24) is 0 Å². The van der Waals surface area contributed by atoms with Crippen LogP contribution in [0.4, 0.5) is 0 Å². The number of carbonyl (C=O) groups excluding carboxylic acids is 1. The normalized spacial score (nSPS) is 18.1. The van der Waals surface area contributed by atoms with Crippen LogP contribution >= 0.6 is 0 Å². The van der Waals surface area contributed by atoms with E-state index in [-0.39, 0.29) is 17.1 Å². The highest BCUT2D eigenvalue weighted by molar-refractivity contribution is 5.84. The van der Waals surface area contributed by atoms with E-state index in [2.05, 4.69) is 13.8 Å². The molecular formula is C23H28O5. The van der Waals surface area contributed by atoms with Crippen molar-refractivity contribution in [2.75, 3.05) is 28.4 Å². The quantitative estimate of drug-likeness (QED) is 0.720. The summed E-state index contributed by atoms with van der Waals surface area (Å²) in [4.78, 5) is 12.9. The zero-order chi connectivity index (χ0) is 20.5. The van der Waals surface area contributed by atoms with Gasteiger partial charge in [0.05, 0.1) is 28.4 Å². The number of methoxy groups -OCH3 is 4. The summed E-state index contributed by atoms with van der Waals surface area (Å²) in [7, 11) is 6.51. The molecule has 1 atom stereocenters. The maximum Gasteiger partial charge on any atom is 0.160 e. The molecule has 2 aromatic rings. The SMILES string of the molecule is COc1cc(OC)c2c(c1)C(C)(C)C(c1ccc(OC)c(OC)c1)CC(=O)C2. The lowest BCUT2D eigenvalue weighted by atomic mass is 9.69. The summed E-state index contributed by atoms with van der Waals surface area (Å²) in [5.74, 6) is 2.93. The Bertz CT molecular complexity index is 885. The Morgan fingerprint density at radius 2 is 1.54 bits per heavy atom. The van der Waals surface area contributed by atoms with E-state index in [1.807, 2.05) is 30.3 Å². The molecule has 0 aliphatic heterocycles. The molecule has 1 aliphatic rings. The molecule has 1 unspecified atom stereocenters. The maximum atomic E-state index is 12.9. The van der Waals surface area contributed by atoms with Gasteiger partial charge in [0.1, 0.15) is 17.3 Å². The molecule has 0 radical (unpaired) electrons. The van der Waals surface area contributed by atoms with Gasteiger partial charge >= 0.3 is 0 Å². The van der Waals surface area contributed by atoms with Crippen molar-refractivity contribution in [1.29, 1.82) is 0 Å². The first-order valence-corrected chi connectivity index (χ1v) is 9.34. The van der Waals surface area contributed by atoms with E-state index in [1.165, 1.54) is 0 Å². The summed E-state index contributed by atoms with van der Waals surface area (Å²) in [5.41, 5.74) is 2.75. The lowest BCUT2D eigenvalue weighted by molar-refractivity contribution is -0.118. The van der Waals surface area contributed by atoms with Crippen molar-refractivity contribution in [2.45, 2.75) is 38.0 Å². The van der Waals surface area contributed by atoms with Crippen LogP contribution in [0.5, 0.6) is 23.0 Å². The van der Waals surface area contributed by atoms with Gasteiger partial charge in [0.15, 0.2) is 11.5 Å². The molecular weight excluding hydrogens is 356 g/mol. The Balaban J connectivity index is 2.19. The number of rotatable bonds is 5. The van der Waals surface area contributed by atoms with Crippen LogP contribution in [0.1, 0.15) is 42.9 Å². The third-order valence-corrected chi connectivity index (χ3v) is 5.82. The minimum atomic E-state index is -0.317. The van der Waals surface area contributed by atoms with Crippen molar-refractivity contribution < 1.29 is 23.7 Å². The summed E-state index contributed by atoms with van der Waals surface area (Å²) in [6, 6.07) is 9.76. The van der Waals surface area contributed by atoms with Crippen molar-refractivity contribution in [3.8, 4) is 23.0 Å². The Kier molecular flexibility index (Phi) is 5.54. The van der Waals surface area contributed by atoms with Gasteiger partial charge in [0, 0.05) is 30.4 Å². The van der Waals surface area contributed by atoms with Gasteiger partial charge in [0.25, 0.3) is 0 Å². The number of carbonyl (C=O) groups is 1. The smallest absolute Gasteiger partial charge is 0.160 e. The average Bonchev–Trinajstić information content (AvgIpc) is 2.80. The highest BCUT2D eigenvalue weighted by Crippen LogP contribution is 2.49. The second-order valence-corrected chi connectivity index (χ2v) is 7.66. The van der Waals surface area contributed by atoms with Gasteiger partial charge in [-0.15, -0.1) is 0 Å². The first kappa shape index (κ1) is 20.1. The number of Topliss-reactive ketones (excluding diaryl/α,β-unsaturated/α-hetero) is 1. The Labute approximate surface area is 166 Å². The molecule has 0 saturated carbocycles. The van der Waals surface area contributed by atoms with E-state index in [1.54, 1.807) is 28.4 Å². The number of hydrogen-bond donors (Lipinski definition) is 0. The van der Waals surface area contributed by atoms with E-state index >= 15 is 0 Å². The molecule has 0 spiro atoms. The number of fused-ring (bicyclic) bond motifs is 1. The molecule has 3 rings (SSSR count). The number of hydrogen-bond acceptors (Lipinski definition) is 5. The molecule has 2 aromatic carbocycles. The van der Waals surface area contributed by atoms with E-state index in [4.69, 9.17) is 18.9 Å². The number of ketones is 1. The van der Waals surface area contributed by atoms with Crippen LogP contribution in [0.2, 0.25) is 0 Å². The van der Waals surface area contributed by atoms with Gasteiger partial charge in [-0.3, -0.25) is 4.79 Å². The molecule has 28 heavy (non-hydrogen) atoms. The topological polar surface area (TPSA) is 54.0 Å². The lowest BCUT2D eigenvalue weighted by Crippen LogP contribution is -2.27. The van der Waals surface area contributed by atoms with Gasteiger partial charge in [-0.05, 0) is 34.7 Å². The fourth-order valence-corrected chi connectivity index (χ4v) is 4.22. The van der Waals surface area contributed by atoms with Gasteiger partial charge < -0.3 is 18.9 Å². The molecule has 0 N–H and O–H groups in total. The minimum absolute atomic E-state index is 0.0159. The second kappa shape index (κ2) is 7.74. The van der Waals surface area contributed by atoms with Gasteiger partial charge in [-0.2, -0.15) is 0 Å². The summed E-state index contributed by atoms with van der Waals surface area (Å²) in [5, 5.41) is 0. The maximum absolute atomic E-state index is 12.9. The van der Waals surface area contributed by atoms with Crippen LogP contribution in [-0.2, 0) is 16.6 Å². The van der Waals surface area contributed by atoms with Crippen LogP contribution in [-0.4, -0.2) is 34.2 Å². The number of ether oxygens (including phenoxy) is 4. The van der Waals surface area contributed by atoms with Crippen LogP contribution in [0.15, 0.2) is 30.3 Å². The number of benzene rings is 2. The Morgan fingerprint density at radius 3 is 2.14 bits per heavy atom. The zero-order valence-corrected chi connectivity index (χ0v) is 17.4. The molecule has 1 aliphatic carbocycles. The molecule has 0 heterocycles. The zero-order valence-electron chi connectivity index (χ0n) is 17.4. The molecule has 0 amide bonds. The van der Waals surface area contributed by atoms with E-state index < -0.39 is 0 Å². The third-order valence-electron chi connectivity index (χ3n) is 5.82. The summed E-state index contributed by atoms with van der Waals surface area (Å²) in [6.07, 6.45) is 0.804. The van der Waals surface area contributed by atoms with E-state index in [0.29, 0.717) is 30.1 Å². The molecule has 0 aromatic heterocycles. The van der Waals surface area contributed by atoms with E-state index in [9.17, 15) is 4.79 Å². The highest BCUT2D eigenvalue weighted by Gasteiger charge is 2.40. The monoisotopic (exact) mass is 384 g/mol. The van der Waals surface area contributed by atoms with Gasteiger partial charge in [-0.25, -0.2) is 0 Å². The molecule has 0 fully saturated rings. The predicted molar refractivity (Wildman–Crippen MR) is 108 cm³/mol. The predicted octanol–water partition coefficient (Wildman–Crippen LogP) is 4.30. The largest absolute Gasteiger partial charge is 0.497 e. The first-order chi connectivity index (χ1) is 13.3. The second-order valence-electron chi connectivity index (χ2n) is 7.66. The fraction of sp³-hybridized carbons (Fsp3) is 0.435.